The Morgan fingerprint density at radius 1 is 1.11 bits per heavy atom. The molecule has 0 spiro atoms. The minimum Gasteiger partial charge on any atom is -0.383 e. The zero-order valence-corrected chi connectivity index (χ0v) is 24.5. The number of aromatic nitrogens is 5. The number of pyridine rings is 1. The van der Waals surface area contributed by atoms with Gasteiger partial charge in [0.25, 0.3) is 5.91 Å². The SMILES string of the molecule is CN(C/C=C/C(=O)N1CCCC(n2nc(-c3ccc(C(=O)Nc4cc(C(F)(F)F)ccn4)cc3)c3c(N)ncnc32)C1)C1CC1. The van der Waals surface area contributed by atoms with Gasteiger partial charge in [-0.1, -0.05) is 18.2 Å². The first-order chi connectivity index (χ1) is 21.6. The topological polar surface area (TPSA) is 135 Å². The lowest BCUT2D eigenvalue weighted by Crippen LogP contribution is -2.40. The number of carbonyl (C=O) groups is 2. The molecule has 2 amide bonds. The van der Waals surface area contributed by atoms with Gasteiger partial charge >= 0.3 is 6.18 Å². The Kier molecular flexibility index (Phi) is 8.23. The third-order valence-electron chi connectivity index (χ3n) is 8.15. The Balaban J connectivity index is 1.20. The van der Waals surface area contributed by atoms with Crippen molar-refractivity contribution in [3.8, 4) is 11.3 Å². The Morgan fingerprint density at radius 3 is 2.62 bits per heavy atom. The number of fused-ring (bicyclic) bond motifs is 1. The van der Waals surface area contributed by atoms with Crippen LogP contribution in [0.2, 0.25) is 0 Å². The van der Waals surface area contributed by atoms with Crippen molar-refractivity contribution in [2.24, 2.45) is 0 Å². The van der Waals surface area contributed by atoms with Gasteiger partial charge in [0.05, 0.1) is 17.0 Å². The molecule has 0 radical (unpaired) electrons. The molecule has 1 atom stereocenters. The minimum absolute atomic E-state index is 0.0380. The van der Waals surface area contributed by atoms with Gasteiger partial charge in [-0.2, -0.15) is 18.3 Å². The summed E-state index contributed by atoms with van der Waals surface area (Å²) in [5.74, 6) is -0.629. The molecule has 1 aliphatic carbocycles. The number of piperidine rings is 1. The molecule has 3 N–H and O–H groups in total. The second-order valence-corrected chi connectivity index (χ2v) is 11.4. The number of nitrogens with two attached hydrogens (primary N) is 1. The van der Waals surface area contributed by atoms with Crippen LogP contribution >= 0.6 is 0 Å². The number of anilines is 2. The quantitative estimate of drug-likeness (QED) is 0.274. The van der Waals surface area contributed by atoms with Crippen LogP contribution in [-0.4, -0.2) is 79.1 Å². The molecule has 3 aromatic heterocycles. The van der Waals surface area contributed by atoms with Crippen molar-refractivity contribution in [1.82, 2.24) is 34.5 Å². The molecule has 2 fully saturated rings. The summed E-state index contributed by atoms with van der Waals surface area (Å²) in [6, 6.07) is 8.52. The maximum absolute atomic E-state index is 13.1. The molecule has 1 aliphatic heterocycles. The number of amides is 2. The maximum Gasteiger partial charge on any atom is 0.416 e. The first-order valence-electron chi connectivity index (χ1n) is 14.7. The second-order valence-electron chi connectivity index (χ2n) is 11.4. The van der Waals surface area contributed by atoms with Crippen LogP contribution in [-0.2, 0) is 11.0 Å². The molecular formula is C31H32F3N9O2. The number of alkyl halides is 3. The lowest BCUT2D eigenvalue weighted by molar-refractivity contribution is -0.137. The zero-order valence-electron chi connectivity index (χ0n) is 24.5. The number of hydrogen-bond acceptors (Lipinski definition) is 8. The van der Waals surface area contributed by atoms with E-state index in [-0.39, 0.29) is 29.1 Å². The fourth-order valence-corrected chi connectivity index (χ4v) is 5.54. The summed E-state index contributed by atoms with van der Waals surface area (Å²) in [4.78, 5) is 42.3. The second kappa shape index (κ2) is 12.3. The lowest BCUT2D eigenvalue weighted by atomic mass is 10.1. The first kappa shape index (κ1) is 30.2. The van der Waals surface area contributed by atoms with Crippen molar-refractivity contribution in [3.63, 3.8) is 0 Å². The van der Waals surface area contributed by atoms with Gasteiger partial charge in [0.15, 0.2) is 5.65 Å². The van der Waals surface area contributed by atoms with Crippen LogP contribution in [0.3, 0.4) is 0 Å². The number of likely N-dealkylation sites (tertiary alicyclic amines) is 1. The summed E-state index contributed by atoms with van der Waals surface area (Å²) < 4.78 is 41.0. The van der Waals surface area contributed by atoms with E-state index in [1.54, 1.807) is 22.9 Å². The number of halogens is 3. The molecule has 0 bridgehead atoms. The first-order valence-corrected chi connectivity index (χ1v) is 14.7. The number of hydrogen-bond donors (Lipinski definition) is 2. The van der Waals surface area contributed by atoms with E-state index in [4.69, 9.17) is 10.8 Å². The average molecular weight is 620 g/mol. The summed E-state index contributed by atoms with van der Waals surface area (Å²) in [6.07, 6.45) is 5.38. The van der Waals surface area contributed by atoms with E-state index >= 15 is 0 Å². The smallest absolute Gasteiger partial charge is 0.383 e. The summed E-state index contributed by atoms with van der Waals surface area (Å²) in [7, 11) is 2.07. The molecule has 4 heterocycles. The van der Waals surface area contributed by atoms with Crippen molar-refractivity contribution < 1.29 is 22.8 Å². The third-order valence-corrected chi connectivity index (χ3v) is 8.15. The van der Waals surface area contributed by atoms with Crippen LogP contribution < -0.4 is 11.1 Å². The van der Waals surface area contributed by atoms with Crippen LogP contribution in [0, 0.1) is 0 Å². The number of likely N-dealkylation sites (N-methyl/N-ethyl adjacent to an activating group) is 1. The molecular weight excluding hydrogens is 587 g/mol. The van der Waals surface area contributed by atoms with Gasteiger partial charge in [-0.05, 0) is 57.0 Å². The van der Waals surface area contributed by atoms with Crippen molar-refractivity contribution in [1.29, 1.82) is 0 Å². The largest absolute Gasteiger partial charge is 0.416 e. The monoisotopic (exact) mass is 619 g/mol. The van der Waals surface area contributed by atoms with Crippen molar-refractivity contribution in [2.45, 2.75) is 43.9 Å². The van der Waals surface area contributed by atoms with Crippen LogP contribution in [0.4, 0.5) is 24.8 Å². The van der Waals surface area contributed by atoms with E-state index < -0.39 is 17.6 Å². The number of nitrogens with zero attached hydrogens (tertiary/aromatic N) is 7. The van der Waals surface area contributed by atoms with E-state index in [0.29, 0.717) is 41.4 Å². The molecule has 1 saturated carbocycles. The van der Waals surface area contributed by atoms with Gasteiger partial charge in [-0.25, -0.2) is 19.6 Å². The Morgan fingerprint density at radius 2 is 1.89 bits per heavy atom. The van der Waals surface area contributed by atoms with E-state index in [0.717, 1.165) is 37.7 Å². The number of nitrogen functional groups attached to an aromatic ring is 1. The highest BCUT2D eigenvalue weighted by Crippen LogP contribution is 2.34. The zero-order chi connectivity index (χ0) is 31.7. The minimum atomic E-state index is -4.56. The highest BCUT2D eigenvalue weighted by Gasteiger charge is 2.31. The molecule has 14 heteroatoms. The van der Waals surface area contributed by atoms with Crippen LogP contribution in [0.25, 0.3) is 22.3 Å². The number of carbonyl (C=O) groups excluding carboxylic acids is 2. The van der Waals surface area contributed by atoms with Crippen molar-refractivity contribution in [2.75, 3.05) is 37.7 Å². The molecule has 1 unspecified atom stereocenters. The predicted molar refractivity (Wildman–Crippen MR) is 162 cm³/mol. The van der Waals surface area contributed by atoms with Gasteiger partial charge in [-0.15, -0.1) is 0 Å². The van der Waals surface area contributed by atoms with E-state index in [9.17, 15) is 22.8 Å². The van der Waals surface area contributed by atoms with Gasteiger partial charge < -0.3 is 16.0 Å². The molecule has 45 heavy (non-hydrogen) atoms. The van der Waals surface area contributed by atoms with Gasteiger partial charge in [0.1, 0.15) is 23.7 Å². The Hall–Kier alpha value is -4.85. The average Bonchev–Trinajstić information content (AvgIpc) is 3.81. The van der Waals surface area contributed by atoms with Gasteiger partial charge in [0, 0.05) is 49.1 Å². The van der Waals surface area contributed by atoms with Crippen LogP contribution in [0.5, 0.6) is 0 Å². The number of nitrogens with one attached hydrogen (secondary N) is 1. The van der Waals surface area contributed by atoms with Crippen LogP contribution in [0.1, 0.15) is 47.6 Å². The molecule has 11 nitrogen and oxygen atoms in total. The summed E-state index contributed by atoms with van der Waals surface area (Å²) >= 11 is 0. The Bertz CT molecular complexity index is 1750. The van der Waals surface area contributed by atoms with E-state index in [1.165, 1.54) is 31.3 Å². The van der Waals surface area contributed by atoms with Crippen molar-refractivity contribution in [3.05, 3.63) is 72.2 Å². The summed E-state index contributed by atoms with van der Waals surface area (Å²) in [5, 5.41) is 7.83. The molecule has 1 saturated heterocycles. The molecule has 6 rings (SSSR count). The summed E-state index contributed by atoms with van der Waals surface area (Å²) in [6.45, 7) is 1.85. The number of benzene rings is 1. The summed E-state index contributed by atoms with van der Waals surface area (Å²) in [5.41, 5.74) is 7.28. The standard InChI is InChI=1S/C31H32F3N9O2/c1-41(22-10-11-22)14-3-5-25(44)42-15-2-4-23(17-42)43-29-26(28(35)37-18-38-29)27(40-43)19-6-8-20(9-7-19)30(45)39-24-16-21(12-13-36-24)31(32,33)34/h3,5-9,12-13,16,18,22-23H,2,4,10-11,14-15,17H2,1H3,(H2,35,37,38)(H,36,39,45)/b5-3+. The normalized spacial score (nSPS) is 17.4. The predicted octanol–water partition coefficient (Wildman–Crippen LogP) is 4.56. The van der Waals surface area contributed by atoms with Crippen molar-refractivity contribution >= 4 is 34.5 Å². The van der Waals surface area contributed by atoms with Gasteiger partial charge in [-0.3, -0.25) is 14.5 Å². The van der Waals surface area contributed by atoms with E-state index in [1.807, 2.05) is 11.0 Å². The fourth-order valence-electron chi connectivity index (χ4n) is 5.54. The van der Waals surface area contributed by atoms with Gasteiger partial charge in [0.2, 0.25) is 5.91 Å². The Labute approximate surface area is 256 Å². The lowest BCUT2D eigenvalue weighted by Gasteiger charge is -2.32. The fraction of sp³-hybridized carbons (Fsp3) is 0.355. The highest BCUT2D eigenvalue weighted by molar-refractivity contribution is 6.04. The highest BCUT2D eigenvalue weighted by atomic mass is 19.4. The maximum atomic E-state index is 13.1. The molecule has 2 aliphatic rings. The molecule has 1 aromatic carbocycles. The molecule has 4 aromatic rings. The number of rotatable bonds is 8. The van der Waals surface area contributed by atoms with E-state index in [2.05, 4.69) is 32.2 Å². The molecule has 234 valence electrons. The third kappa shape index (κ3) is 6.65. The van der Waals surface area contributed by atoms with Crippen LogP contribution in [0.15, 0.2) is 61.1 Å².